The zero-order valence-corrected chi connectivity index (χ0v) is 10.1. The second-order valence-corrected chi connectivity index (χ2v) is 3.97. The molecule has 0 atom stereocenters. The van der Waals surface area contributed by atoms with Crippen molar-refractivity contribution < 1.29 is 27.5 Å². The molecule has 1 heterocycles. The summed E-state index contributed by atoms with van der Waals surface area (Å²) in [7, 11) is 0. The SMILES string of the molecule is O=C(O)c1ccc(CNc2ccccc2C(F)(F)F)o1. The van der Waals surface area contributed by atoms with Crippen LogP contribution >= 0.6 is 0 Å². The average Bonchev–Trinajstić information content (AvgIpc) is 2.84. The highest BCUT2D eigenvalue weighted by atomic mass is 19.4. The first kappa shape index (κ1) is 14.0. The van der Waals surface area contributed by atoms with Gasteiger partial charge >= 0.3 is 12.1 Å². The Balaban J connectivity index is 2.13. The number of anilines is 1. The number of alkyl halides is 3. The van der Waals surface area contributed by atoms with Gasteiger partial charge in [-0.25, -0.2) is 4.79 Å². The van der Waals surface area contributed by atoms with Crippen LogP contribution in [0.1, 0.15) is 21.9 Å². The molecule has 7 heteroatoms. The molecule has 0 saturated carbocycles. The van der Waals surface area contributed by atoms with E-state index in [1.165, 1.54) is 30.3 Å². The second kappa shape index (κ2) is 5.28. The Labute approximate surface area is 111 Å². The molecule has 2 N–H and O–H groups in total. The van der Waals surface area contributed by atoms with Crippen molar-refractivity contribution in [3.63, 3.8) is 0 Å². The molecule has 1 aromatic carbocycles. The van der Waals surface area contributed by atoms with E-state index in [9.17, 15) is 18.0 Å². The molecule has 1 aromatic heterocycles. The van der Waals surface area contributed by atoms with Crippen LogP contribution in [-0.2, 0) is 12.7 Å². The maximum atomic E-state index is 12.7. The molecule has 0 saturated heterocycles. The molecule has 20 heavy (non-hydrogen) atoms. The number of hydrogen-bond acceptors (Lipinski definition) is 3. The highest BCUT2D eigenvalue weighted by Gasteiger charge is 2.33. The van der Waals surface area contributed by atoms with E-state index in [2.05, 4.69) is 5.32 Å². The number of carboxylic acid groups (broad SMARTS) is 1. The number of aromatic carboxylic acids is 1. The Morgan fingerprint density at radius 1 is 1.20 bits per heavy atom. The van der Waals surface area contributed by atoms with Gasteiger partial charge < -0.3 is 14.8 Å². The lowest BCUT2D eigenvalue weighted by molar-refractivity contribution is -0.137. The second-order valence-electron chi connectivity index (χ2n) is 3.97. The Morgan fingerprint density at radius 2 is 1.90 bits per heavy atom. The predicted molar refractivity (Wildman–Crippen MR) is 64.4 cm³/mol. The summed E-state index contributed by atoms with van der Waals surface area (Å²) in [5, 5.41) is 11.3. The molecule has 0 fully saturated rings. The van der Waals surface area contributed by atoms with E-state index in [1.54, 1.807) is 0 Å². The summed E-state index contributed by atoms with van der Waals surface area (Å²) in [5.74, 6) is -1.25. The van der Waals surface area contributed by atoms with Gasteiger partial charge in [0.25, 0.3) is 0 Å². The first-order valence-electron chi connectivity index (χ1n) is 5.60. The maximum Gasteiger partial charge on any atom is 0.418 e. The Hall–Kier alpha value is -2.44. The van der Waals surface area contributed by atoms with Gasteiger partial charge in [0.2, 0.25) is 5.76 Å². The number of furan rings is 1. The molecule has 0 bridgehead atoms. The lowest BCUT2D eigenvalue weighted by Crippen LogP contribution is -2.10. The highest BCUT2D eigenvalue weighted by Crippen LogP contribution is 2.34. The van der Waals surface area contributed by atoms with Crippen LogP contribution in [0.15, 0.2) is 40.8 Å². The summed E-state index contributed by atoms with van der Waals surface area (Å²) in [6.45, 7) is -0.0413. The van der Waals surface area contributed by atoms with E-state index in [-0.39, 0.29) is 23.8 Å². The smallest absolute Gasteiger partial charge is 0.418 e. The van der Waals surface area contributed by atoms with Crippen LogP contribution in [-0.4, -0.2) is 11.1 Å². The minimum absolute atomic E-state index is 0.0413. The van der Waals surface area contributed by atoms with Crippen molar-refractivity contribution in [3.8, 4) is 0 Å². The van der Waals surface area contributed by atoms with E-state index in [0.717, 1.165) is 6.07 Å². The molecule has 0 aliphatic carbocycles. The fraction of sp³-hybridized carbons (Fsp3) is 0.154. The third-order valence-electron chi connectivity index (χ3n) is 2.56. The number of rotatable bonds is 4. The van der Waals surface area contributed by atoms with Crippen molar-refractivity contribution in [2.75, 3.05) is 5.32 Å². The Morgan fingerprint density at radius 3 is 2.50 bits per heavy atom. The number of carbonyl (C=O) groups is 1. The minimum Gasteiger partial charge on any atom is -0.475 e. The molecule has 106 valence electrons. The summed E-state index contributed by atoms with van der Waals surface area (Å²) < 4.78 is 43.2. The lowest BCUT2D eigenvalue weighted by Gasteiger charge is -2.13. The molecule has 0 spiro atoms. The summed E-state index contributed by atoms with van der Waals surface area (Å²) in [6.07, 6.45) is -4.46. The molecule has 2 rings (SSSR count). The van der Waals surface area contributed by atoms with E-state index in [4.69, 9.17) is 9.52 Å². The quantitative estimate of drug-likeness (QED) is 0.900. The fourth-order valence-corrected chi connectivity index (χ4v) is 1.65. The van der Waals surface area contributed by atoms with E-state index < -0.39 is 17.7 Å². The summed E-state index contributed by atoms with van der Waals surface area (Å²) in [6, 6.07) is 7.67. The van der Waals surface area contributed by atoms with E-state index in [1.807, 2.05) is 0 Å². The fourth-order valence-electron chi connectivity index (χ4n) is 1.65. The van der Waals surface area contributed by atoms with Gasteiger partial charge in [0.05, 0.1) is 12.1 Å². The number of hydrogen-bond donors (Lipinski definition) is 2. The van der Waals surface area contributed by atoms with Gasteiger partial charge in [-0.15, -0.1) is 0 Å². The maximum absolute atomic E-state index is 12.7. The molecule has 0 unspecified atom stereocenters. The third kappa shape index (κ3) is 3.11. The van der Waals surface area contributed by atoms with Gasteiger partial charge in [-0.2, -0.15) is 13.2 Å². The van der Waals surface area contributed by atoms with Gasteiger partial charge in [-0.05, 0) is 24.3 Å². The Bertz CT molecular complexity index is 619. The van der Waals surface area contributed by atoms with Crippen molar-refractivity contribution in [2.45, 2.75) is 12.7 Å². The average molecular weight is 285 g/mol. The van der Waals surface area contributed by atoms with Crippen molar-refractivity contribution in [1.82, 2.24) is 0 Å². The summed E-state index contributed by atoms with van der Waals surface area (Å²) in [5.41, 5.74) is -0.877. The molecule has 0 radical (unpaired) electrons. The summed E-state index contributed by atoms with van der Waals surface area (Å²) >= 11 is 0. The van der Waals surface area contributed by atoms with Gasteiger partial charge in [-0.1, -0.05) is 12.1 Å². The van der Waals surface area contributed by atoms with Gasteiger partial charge in [0, 0.05) is 5.69 Å². The van der Waals surface area contributed by atoms with Crippen LogP contribution in [0.4, 0.5) is 18.9 Å². The van der Waals surface area contributed by atoms with Crippen LogP contribution in [0.5, 0.6) is 0 Å². The molecular weight excluding hydrogens is 275 g/mol. The first-order valence-corrected chi connectivity index (χ1v) is 5.60. The molecule has 0 aliphatic rings. The third-order valence-corrected chi connectivity index (χ3v) is 2.56. The van der Waals surface area contributed by atoms with Crippen molar-refractivity contribution in [3.05, 3.63) is 53.5 Å². The van der Waals surface area contributed by atoms with Crippen molar-refractivity contribution >= 4 is 11.7 Å². The van der Waals surface area contributed by atoms with Gasteiger partial charge in [0.1, 0.15) is 5.76 Å². The monoisotopic (exact) mass is 285 g/mol. The predicted octanol–water partition coefficient (Wildman–Crippen LogP) is 3.61. The minimum atomic E-state index is -4.46. The normalized spacial score (nSPS) is 11.3. The van der Waals surface area contributed by atoms with Gasteiger partial charge in [-0.3, -0.25) is 0 Å². The molecule has 0 aliphatic heterocycles. The van der Waals surface area contributed by atoms with Crippen molar-refractivity contribution in [1.29, 1.82) is 0 Å². The zero-order valence-electron chi connectivity index (χ0n) is 10.1. The zero-order chi connectivity index (χ0) is 14.8. The largest absolute Gasteiger partial charge is 0.475 e. The molecular formula is C13H10F3NO3. The summed E-state index contributed by atoms with van der Waals surface area (Å²) in [4.78, 5) is 10.6. The van der Waals surface area contributed by atoms with Crippen molar-refractivity contribution in [2.24, 2.45) is 0 Å². The standard InChI is InChI=1S/C13H10F3NO3/c14-13(15,16)9-3-1-2-4-10(9)17-7-8-5-6-11(20-8)12(18)19/h1-6,17H,7H2,(H,18,19). The van der Waals surface area contributed by atoms with Gasteiger partial charge in [0.15, 0.2) is 0 Å². The molecule has 0 amide bonds. The first-order chi connectivity index (χ1) is 9.38. The Kier molecular flexibility index (Phi) is 3.69. The molecule has 4 nitrogen and oxygen atoms in total. The number of halogens is 3. The lowest BCUT2D eigenvalue weighted by atomic mass is 10.1. The topological polar surface area (TPSA) is 62.5 Å². The van der Waals surface area contributed by atoms with E-state index in [0.29, 0.717) is 0 Å². The van der Waals surface area contributed by atoms with Crippen LogP contribution in [0.2, 0.25) is 0 Å². The number of carboxylic acids is 1. The molecule has 2 aromatic rings. The number of nitrogens with one attached hydrogen (secondary N) is 1. The van der Waals surface area contributed by atoms with Crippen LogP contribution < -0.4 is 5.32 Å². The van der Waals surface area contributed by atoms with Crippen LogP contribution in [0, 0.1) is 0 Å². The van der Waals surface area contributed by atoms with Crippen LogP contribution in [0.3, 0.4) is 0 Å². The highest BCUT2D eigenvalue weighted by molar-refractivity contribution is 5.84. The van der Waals surface area contributed by atoms with Crippen LogP contribution in [0.25, 0.3) is 0 Å². The number of benzene rings is 1. The number of para-hydroxylation sites is 1. The van der Waals surface area contributed by atoms with E-state index >= 15 is 0 Å².